The van der Waals surface area contributed by atoms with E-state index in [1.807, 2.05) is 12.1 Å². The van der Waals surface area contributed by atoms with Gasteiger partial charge in [-0.2, -0.15) is 0 Å². The van der Waals surface area contributed by atoms with E-state index < -0.39 is 18.4 Å². The molecule has 126 valence electrons. The SMILES string of the molecule is C=[C](c1ccccc1C#N)[Sn]([CH2]CCC)([CH2]CCC)[CH2]CCC. The fourth-order valence-corrected chi connectivity index (χ4v) is 19.3. The minimum atomic E-state index is -2.50. The van der Waals surface area contributed by atoms with Gasteiger partial charge in [0.05, 0.1) is 0 Å². The van der Waals surface area contributed by atoms with E-state index in [1.165, 1.54) is 55.4 Å². The summed E-state index contributed by atoms with van der Waals surface area (Å²) >= 11 is -2.50. The molecule has 0 N–H and O–H groups in total. The third-order valence-electron chi connectivity index (χ3n) is 5.04. The third-order valence-corrected chi connectivity index (χ3v) is 20.7. The van der Waals surface area contributed by atoms with Crippen molar-refractivity contribution in [2.45, 2.75) is 72.6 Å². The van der Waals surface area contributed by atoms with Crippen LogP contribution in [0.5, 0.6) is 0 Å². The molecule has 23 heavy (non-hydrogen) atoms. The fraction of sp³-hybridized carbons (Fsp3) is 0.571. The first-order valence-electron chi connectivity index (χ1n) is 9.34. The van der Waals surface area contributed by atoms with E-state index in [0.717, 1.165) is 11.1 Å². The molecule has 0 saturated heterocycles. The number of benzene rings is 1. The molecule has 1 aromatic rings. The zero-order chi connectivity index (χ0) is 17.1. The summed E-state index contributed by atoms with van der Waals surface area (Å²) in [6.45, 7) is 11.5. The Morgan fingerprint density at radius 3 is 1.87 bits per heavy atom. The number of hydrogen-bond donors (Lipinski definition) is 0. The molecule has 0 unspecified atom stereocenters. The molecule has 0 saturated carbocycles. The van der Waals surface area contributed by atoms with Crippen molar-refractivity contribution in [1.82, 2.24) is 0 Å². The Kier molecular flexibility index (Phi) is 9.63. The summed E-state index contributed by atoms with van der Waals surface area (Å²) in [7, 11) is 0. The van der Waals surface area contributed by atoms with Crippen LogP contribution in [-0.4, -0.2) is 18.4 Å². The van der Waals surface area contributed by atoms with Crippen LogP contribution in [0.1, 0.15) is 70.4 Å². The summed E-state index contributed by atoms with van der Waals surface area (Å²) in [6.07, 6.45) is 7.80. The van der Waals surface area contributed by atoms with E-state index in [0.29, 0.717) is 0 Å². The molecule has 0 fully saturated rings. The summed E-state index contributed by atoms with van der Waals surface area (Å²) in [4.78, 5) is 0. The Labute approximate surface area is 147 Å². The maximum absolute atomic E-state index is 9.49. The first-order chi connectivity index (χ1) is 11.1. The van der Waals surface area contributed by atoms with Crippen LogP contribution in [0.25, 0.3) is 3.59 Å². The molecule has 0 aliphatic rings. The predicted molar refractivity (Wildman–Crippen MR) is 105 cm³/mol. The van der Waals surface area contributed by atoms with Crippen molar-refractivity contribution < 1.29 is 0 Å². The van der Waals surface area contributed by atoms with Crippen LogP contribution in [0, 0.1) is 11.3 Å². The van der Waals surface area contributed by atoms with Crippen LogP contribution in [0.3, 0.4) is 0 Å². The fourth-order valence-electron chi connectivity index (χ4n) is 3.50. The number of rotatable bonds is 11. The number of nitriles is 1. The molecule has 0 spiro atoms. The first-order valence-corrected chi connectivity index (χ1v) is 16.8. The van der Waals surface area contributed by atoms with Crippen molar-refractivity contribution in [3.63, 3.8) is 0 Å². The Morgan fingerprint density at radius 1 is 0.957 bits per heavy atom. The van der Waals surface area contributed by atoms with Gasteiger partial charge in [0.1, 0.15) is 0 Å². The van der Waals surface area contributed by atoms with Gasteiger partial charge in [0.15, 0.2) is 0 Å². The first kappa shape index (κ1) is 20.3. The van der Waals surface area contributed by atoms with Crippen molar-refractivity contribution >= 4 is 22.0 Å². The zero-order valence-electron chi connectivity index (χ0n) is 15.3. The summed E-state index contributed by atoms with van der Waals surface area (Å²) in [5, 5.41) is 9.49. The summed E-state index contributed by atoms with van der Waals surface area (Å²) < 4.78 is 5.63. The van der Waals surface area contributed by atoms with Crippen LogP contribution < -0.4 is 0 Å². The summed E-state index contributed by atoms with van der Waals surface area (Å²) in [6, 6.07) is 10.5. The molecule has 0 atom stereocenters. The summed E-state index contributed by atoms with van der Waals surface area (Å²) in [5.41, 5.74) is 1.98. The van der Waals surface area contributed by atoms with Crippen LogP contribution in [-0.2, 0) is 0 Å². The van der Waals surface area contributed by atoms with Gasteiger partial charge in [0.25, 0.3) is 0 Å². The van der Waals surface area contributed by atoms with Crippen molar-refractivity contribution in [2.75, 3.05) is 0 Å². The standard InChI is InChI=1S/C9H6N.3C4H9.Sn/c1-2-8-5-3-4-6-9(8)7-10;3*1-3-4-2;/h3-6H,1H2;3*1,3-4H2,2H3;. The molecular formula is C21H33NSn. The second-order valence-electron chi connectivity index (χ2n) is 6.73. The van der Waals surface area contributed by atoms with Gasteiger partial charge in [-0.25, -0.2) is 0 Å². The van der Waals surface area contributed by atoms with Crippen molar-refractivity contribution in [2.24, 2.45) is 0 Å². The van der Waals surface area contributed by atoms with E-state index in [1.54, 1.807) is 0 Å². The molecule has 1 aromatic carbocycles. The molecule has 0 aliphatic heterocycles. The number of nitrogens with zero attached hydrogens (tertiary/aromatic N) is 1. The van der Waals surface area contributed by atoms with E-state index >= 15 is 0 Å². The van der Waals surface area contributed by atoms with Crippen molar-refractivity contribution in [3.8, 4) is 6.07 Å². The van der Waals surface area contributed by atoms with Crippen LogP contribution in [0.2, 0.25) is 13.3 Å². The zero-order valence-corrected chi connectivity index (χ0v) is 18.2. The van der Waals surface area contributed by atoms with E-state index in [-0.39, 0.29) is 0 Å². The van der Waals surface area contributed by atoms with E-state index in [2.05, 4.69) is 45.6 Å². The molecular weight excluding hydrogens is 385 g/mol. The topological polar surface area (TPSA) is 23.8 Å². The molecule has 0 bridgehead atoms. The molecule has 0 radical (unpaired) electrons. The Balaban J connectivity index is 3.22. The molecule has 0 aromatic heterocycles. The van der Waals surface area contributed by atoms with Gasteiger partial charge in [-0.05, 0) is 0 Å². The third kappa shape index (κ3) is 5.67. The van der Waals surface area contributed by atoms with Gasteiger partial charge in [0, 0.05) is 0 Å². The van der Waals surface area contributed by atoms with E-state index in [4.69, 9.17) is 0 Å². The van der Waals surface area contributed by atoms with Gasteiger partial charge in [-0.3, -0.25) is 0 Å². The second-order valence-corrected chi connectivity index (χ2v) is 20.0. The van der Waals surface area contributed by atoms with Crippen LogP contribution in [0.15, 0.2) is 30.8 Å². The molecule has 1 rings (SSSR count). The van der Waals surface area contributed by atoms with Gasteiger partial charge in [-0.15, -0.1) is 0 Å². The predicted octanol–water partition coefficient (Wildman–Crippen LogP) is 6.96. The van der Waals surface area contributed by atoms with E-state index in [9.17, 15) is 5.26 Å². The number of unbranched alkanes of at least 4 members (excludes halogenated alkanes) is 3. The molecule has 2 heteroatoms. The van der Waals surface area contributed by atoms with Crippen LogP contribution >= 0.6 is 0 Å². The Hall–Kier alpha value is -0.751. The quantitative estimate of drug-likeness (QED) is 0.357. The number of hydrogen-bond acceptors (Lipinski definition) is 1. The normalized spacial score (nSPS) is 11.2. The van der Waals surface area contributed by atoms with Gasteiger partial charge in [-0.1, -0.05) is 0 Å². The van der Waals surface area contributed by atoms with Crippen molar-refractivity contribution in [3.05, 3.63) is 42.0 Å². The maximum atomic E-state index is 9.49. The summed E-state index contributed by atoms with van der Waals surface area (Å²) in [5.74, 6) is 0. The molecule has 0 aliphatic carbocycles. The second kappa shape index (κ2) is 10.9. The Morgan fingerprint density at radius 2 is 1.43 bits per heavy atom. The molecule has 1 nitrogen and oxygen atoms in total. The monoisotopic (exact) mass is 419 g/mol. The average molecular weight is 418 g/mol. The molecule has 0 heterocycles. The van der Waals surface area contributed by atoms with Gasteiger partial charge >= 0.3 is 148 Å². The molecule has 0 amide bonds. The van der Waals surface area contributed by atoms with Gasteiger partial charge in [0.2, 0.25) is 0 Å². The Bertz CT molecular complexity index is 505. The average Bonchev–Trinajstić information content (AvgIpc) is 2.60. The van der Waals surface area contributed by atoms with Crippen molar-refractivity contribution in [1.29, 1.82) is 5.26 Å². The van der Waals surface area contributed by atoms with Gasteiger partial charge < -0.3 is 0 Å². The van der Waals surface area contributed by atoms with Crippen LogP contribution in [0.4, 0.5) is 0 Å². The minimum absolute atomic E-state index is 0.822.